The lowest BCUT2D eigenvalue weighted by molar-refractivity contribution is 0.293. The van der Waals surface area contributed by atoms with E-state index in [1.807, 2.05) is 18.3 Å². The van der Waals surface area contributed by atoms with Gasteiger partial charge in [-0.1, -0.05) is 13.8 Å². The molecule has 3 aromatic heterocycles. The van der Waals surface area contributed by atoms with E-state index in [-0.39, 0.29) is 5.56 Å². The van der Waals surface area contributed by atoms with Gasteiger partial charge in [0.2, 0.25) is 5.89 Å². The second kappa shape index (κ2) is 7.71. The number of likely N-dealkylation sites (N-methyl/N-ethyl adjacent to an activating group) is 1. The van der Waals surface area contributed by atoms with Gasteiger partial charge in [0.25, 0.3) is 5.56 Å². The molecule has 5 rings (SSSR count). The summed E-state index contributed by atoms with van der Waals surface area (Å²) >= 11 is 0. The van der Waals surface area contributed by atoms with Gasteiger partial charge in [0, 0.05) is 59.1 Å². The van der Waals surface area contributed by atoms with Crippen LogP contribution in [0.4, 0.5) is 0 Å². The van der Waals surface area contributed by atoms with Crippen molar-refractivity contribution in [2.45, 2.75) is 20.4 Å². The van der Waals surface area contributed by atoms with Crippen LogP contribution in [-0.4, -0.2) is 38.7 Å². The summed E-state index contributed by atoms with van der Waals surface area (Å²) in [6, 6.07) is 12.4. The van der Waals surface area contributed by atoms with Crippen LogP contribution in [0.25, 0.3) is 44.0 Å². The average Bonchev–Trinajstić information content (AvgIpc) is 3.43. The van der Waals surface area contributed by atoms with Gasteiger partial charge in [0.05, 0.1) is 6.20 Å². The topological polar surface area (TPSA) is 56.2 Å². The van der Waals surface area contributed by atoms with Crippen LogP contribution in [0, 0.1) is 0 Å². The fraction of sp³-hybridized carbons (Fsp3) is 0.280. The van der Waals surface area contributed by atoms with E-state index in [0.29, 0.717) is 5.89 Å². The molecule has 0 amide bonds. The molecule has 0 radical (unpaired) electrons. The monoisotopic (exact) mass is 414 g/mol. The zero-order chi connectivity index (χ0) is 21.5. The number of oxazole rings is 1. The van der Waals surface area contributed by atoms with E-state index < -0.39 is 0 Å². The quantitative estimate of drug-likeness (QED) is 0.406. The molecule has 0 aliphatic carbocycles. The highest BCUT2D eigenvalue weighted by atomic mass is 16.3. The van der Waals surface area contributed by atoms with Gasteiger partial charge in [-0.05, 0) is 54.9 Å². The first-order valence-corrected chi connectivity index (χ1v) is 10.8. The zero-order valence-corrected chi connectivity index (χ0v) is 18.1. The molecule has 0 aliphatic rings. The van der Waals surface area contributed by atoms with E-state index in [2.05, 4.69) is 52.6 Å². The fourth-order valence-corrected chi connectivity index (χ4v) is 4.54. The summed E-state index contributed by atoms with van der Waals surface area (Å²) in [6.07, 6.45) is 5.10. The molecule has 0 fully saturated rings. The predicted molar refractivity (Wildman–Crippen MR) is 125 cm³/mol. The normalized spacial score (nSPS) is 12.0. The second-order valence-electron chi connectivity index (χ2n) is 7.90. The SMILES string of the molecule is CCN(CC)CCn1c2ccc(-c3ncco3)cc2c2c3ccn(C)c(=O)c3ccc21. The minimum Gasteiger partial charge on any atom is -0.445 e. The van der Waals surface area contributed by atoms with Crippen molar-refractivity contribution in [3.63, 3.8) is 0 Å². The number of pyridine rings is 1. The number of hydrogen-bond donors (Lipinski definition) is 0. The molecule has 0 N–H and O–H groups in total. The predicted octanol–water partition coefficient (Wildman–Crippen LogP) is 4.64. The van der Waals surface area contributed by atoms with Crippen LogP contribution in [-0.2, 0) is 13.6 Å². The van der Waals surface area contributed by atoms with Crippen molar-refractivity contribution in [1.82, 2.24) is 19.0 Å². The maximum atomic E-state index is 12.8. The fourth-order valence-electron chi connectivity index (χ4n) is 4.54. The Morgan fingerprint density at radius 1 is 1.00 bits per heavy atom. The number of benzene rings is 2. The summed E-state index contributed by atoms with van der Waals surface area (Å²) in [4.78, 5) is 19.5. The molecule has 0 aliphatic heterocycles. The van der Waals surface area contributed by atoms with E-state index in [0.717, 1.165) is 64.3 Å². The van der Waals surface area contributed by atoms with Crippen LogP contribution in [0.2, 0.25) is 0 Å². The van der Waals surface area contributed by atoms with E-state index in [4.69, 9.17) is 4.42 Å². The Balaban J connectivity index is 1.82. The highest BCUT2D eigenvalue weighted by molar-refractivity contribution is 6.21. The van der Waals surface area contributed by atoms with Crippen molar-refractivity contribution in [3.8, 4) is 11.5 Å². The molecule has 0 atom stereocenters. The molecule has 6 heteroatoms. The molecular formula is C25H26N4O2. The van der Waals surface area contributed by atoms with Gasteiger partial charge in [0.15, 0.2) is 0 Å². The smallest absolute Gasteiger partial charge is 0.258 e. The third-order valence-electron chi connectivity index (χ3n) is 6.30. The lowest BCUT2D eigenvalue weighted by Gasteiger charge is -2.19. The van der Waals surface area contributed by atoms with Crippen molar-refractivity contribution < 1.29 is 4.42 Å². The molecule has 0 saturated carbocycles. The number of aryl methyl sites for hydroxylation is 1. The lowest BCUT2D eigenvalue weighted by atomic mass is 10.0. The van der Waals surface area contributed by atoms with Crippen molar-refractivity contribution >= 4 is 32.6 Å². The van der Waals surface area contributed by atoms with Crippen molar-refractivity contribution in [2.24, 2.45) is 7.05 Å². The molecular weight excluding hydrogens is 388 g/mol. The molecule has 0 spiro atoms. The molecule has 158 valence electrons. The Morgan fingerprint density at radius 3 is 2.55 bits per heavy atom. The largest absolute Gasteiger partial charge is 0.445 e. The van der Waals surface area contributed by atoms with Gasteiger partial charge in [-0.15, -0.1) is 0 Å². The zero-order valence-electron chi connectivity index (χ0n) is 18.1. The van der Waals surface area contributed by atoms with E-state index in [1.165, 1.54) is 0 Å². The molecule has 3 heterocycles. The third kappa shape index (κ3) is 3.15. The highest BCUT2D eigenvalue weighted by Crippen LogP contribution is 2.36. The molecule has 2 aromatic carbocycles. The van der Waals surface area contributed by atoms with Crippen LogP contribution >= 0.6 is 0 Å². The summed E-state index contributed by atoms with van der Waals surface area (Å²) in [5.74, 6) is 0.599. The second-order valence-corrected chi connectivity index (χ2v) is 7.90. The Labute approximate surface area is 180 Å². The Morgan fingerprint density at radius 2 is 1.81 bits per heavy atom. The van der Waals surface area contributed by atoms with E-state index >= 15 is 0 Å². The molecule has 0 saturated heterocycles. The highest BCUT2D eigenvalue weighted by Gasteiger charge is 2.17. The van der Waals surface area contributed by atoms with Gasteiger partial charge < -0.3 is 18.5 Å². The van der Waals surface area contributed by atoms with Crippen LogP contribution in [0.3, 0.4) is 0 Å². The molecule has 0 unspecified atom stereocenters. The van der Waals surface area contributed by atoms with Crippen molar-refractivity contribution in [2.75, 3.05) is 19.6 Å². The Kier molecular flexibility index (Phi) is 4.87. The first-order chi connectivity index (χ1) is 15.1. The molecule has 0 bridgehead atoms. The van der Waals surface area contributed by atoms with E-state index in [1.54, 1.807) is 24.1 Å². The van der Waals surface area contributed by atoms with Gasteiger partial charge in [-0.3, -0.25) is 4.79 Å². The van der Waals surface area contributed by atoms with Gasteiger partial charge in [-0.2, -0.15) is 0 Å². The number of aromatic nitrogens is 3. The summed E-state index contributed by atoms with van der Waals surface area (Å²) in [6.45, 7) is 8.31. The minimum absolute atomic E-state index is 0.0206. The molecule has 6 nitrogen and oxygen atoms in total. The molecule has 5 aromatic rings. The Hall–Kier alpha value is -3.38. The van der Waals surface area contributed by atoms with E-state index in [9.17, 15) is 4.79 Å². The third-order valence-corrected chi connectivity index (χ3v) is 6.30. The lowest BCUT2D eigenvalue weighted by Crippen LogP contribution is -2.26. The first-order valence-electron chi connectivity index (χ1n) is 10.8. The van der Waals surface area contributed by atoms with Crippen molar-refractivity contribution in [1.29, 1.82) is 0 Å². The van der Waals surface area contributed by atoms with Crippen LogP contribution in [0.1, 0.15) is 13.8 Å². The van der Waals surface area contributed by atoms with Crippen LogP contribution in [0.15, 0.2) is 64.3 Å². The molecule has 31 heavy (non-hydrogen) atoms. The van der Waals surface area contributed by atoms with Crippen molar-refractivity contribution in [3.05, 3.63) is 65.4 Å². The number of nitrogens with zero attached hydrogens (tertiary/aromatic N) is 4. The summed E-state index contributed by atoms with van der Waals surface area (Å²) in [5.41, 5.74) is 3.26. The summed E-state index contributed by atoms with van der Waals surface area (Å²) < 4.78 is 9.54. The minimum atomic E-state index is 0.0206. The summed E-state index contributed by atoms with van der Waals surface area (Å²) in [5, 5.41) is 3.95. The standard InChI is InChI=1S/C25H26N4O2/c1-4-28(5-2)13-14-29-21-8-6-17(24-26-11-15-31-24)16-20(21)23-18-10-12-27(3)25(30)19(18)7-9-22(23)29/h6-12,15-16H,4-5,13-14H2,1-3H3. The number of fused-ring (bicyclic) bond motifs is 5. The first kappa shape index (κ1) is 19.6. The van der Waals surface area contributed by atoms with Gasteiger partial charge in [-0.25, -0.2) is 4.98 Å². The average molecular weight is 415 g/mol. The Bertz CT molecular complexity index is 1440. The number of rotatable bonds is 6. The summed E-state index contributed by atoms with van der Waals surface area (Å²) in [7, 11) is 1.79. The van der Waals surface area contributed by atoms with Crippen LogP contribution < -0.4 is 5.56 Å². The van der Waals surface area contributed by atoms with Gasteiger partial charge in [0.1, 0.15) is 6.26 Å². The number of hydrogen-bond acceptors (Lipinski definition) is 4. The maximum absolute atomic E-state index is 12.8. The maximum Gasteiger partial charge on any atom is 0.258 e. The van der Waals surface area contributed by atoms with Gasteiger partial charge >= 0.3 is 0 Å². The van der Waals surface area contributed by atoms with Crippen LogP contribution in [0.5, 0.6) is 0 Å².